The molecule has 29 heavy (non-hydrogen) atoms. The molecule has 1 N–H and O–H groups in total. The summed E-state index contributed by atoms with van der Waals surface area (Å²) in [5, 5.41) is 3.97. The van der Waals surface area contributed by atoms with Gasteiger partial charge in [0, 0.05) is 13.2 Å². The van der Waals surface area contributed by atoms with Crippen molar-refractivity contribution in [2.45, 2.75) is 24.3 Å². The van der Waals surface area contributed by atoms with Gasteiger partial charge in [-0.2, -0.15) is 11.3 Å². The van der Waals surface area contributed by atoms with Crippen molar-refractivity contribution >= 4 is 42.9 Å². The number of thiazole rings is 1. The number of nitrogens with zero attached hydrogens (tertiary/aromatic N) is 2. The lowest BCUT2D eigenvalue weighted by molar-refractivity contribution is 0.550. The Morgan fingerprint density at radius 1 is 1.21 bits per heavy atom. The summed E-state index contributed by atoms with van der Waals surface area (Å²) in [7, 11) is -2.13. The maximum Gasteiger partial charge on any atom is 0.307 e. The second-order valence-electron chi connectivity index (χ2n) is 6.83. The lowest BCUT2D eigenvalue weighted by atomic mass is 10.1. The van der Waals surface area contributed by atoms with Crippen molar-refractivity contribution in [1.82, 2.24) is 14.3 Å². The molecule has 4 rings (SSSR count). The first kappa shape index (κ1) is 20.0. The Bertz CT molecular complexity index is 1300. The highest BCUT2D eigenvalue weighted by molar-refractivity contribution is 7.89. The van der Waals surface area contributed by atoms with E-state index in [-0.39, 0.29) is 9.77 Å². The minimum absolute atomic E-state index is 0.123. The normalized spacial score (nSPS) is 13.0. The van der Waals surface area contributed by atoms with E-state index in [9.17, 15) is 13.2 Å². The topological polar surface area (TPSA) is 81.1 Å². The fourth-order valence-corrected chi connectivity index (χ4v) is 5.98. The van der Waals surface area contributed by atoms with Gasteiger partial charge in [-0.1, -0.05) is 17.4 Å². The lowest BCUT2D eigenvalue weighted by Crippen LogP contribution is -2.30. The number of rotatable bonds is 6. The van der Waals surface area contributed by atoms with Gasteiger partial charge in [0.25, 0.3) is 0 Å². The second-order valence-corrected chi connectivity index (χ2v) is 10.3. The Balaban J connectivity index is 1.70. The molecule has 3 aromatic heterocycles. The van der Waals surface area contributed by atoms with Crippen molar-refractivity contribution in [2.75, 3.05) is 0 Å². The van der Waals surface area contributed by atoms with E-state index in [1.807, 2.05) is 35.9 Å². The summed E-state index contributed by atoms with van der Waals surface area (Å²) in [4.78, 5) is 16.3. The molecule has 0 amide bonds. The fourth-order valence-electron chi connectivity index (χ4n) is 3.07. The predicted octanol–water partition coefficient (Wildman–Crippen LogP) is 3.63. The molecule has 0 aliphatic carbocycles. The first-order chi connectivity index (χ1) is 13.8. The number of hydrogen-bond donors (Lipinski definition) is 1. The smallest absolute Gasteiger partial charge is 0.302 e. The van der Waals surface area contributed by atoms with E-state index in [0.29, 0.717) is 22.3 Å². The molecule has 0 aliphatic rings. The summed E-state index contributed by atoms with van der Waals surface area (Å²) >= 11 is 2.60. The van der Waals surface area contributed by atoms with Crippen LogP contribution in [0.2, 0.25) is 0 Å². The van der Waals surface area contributed by atoms with Crippen molar-refractivity contribution in [3.63, 3.8) is 0 Å². The van der Waals surface area contributed by atoms with Crippen LogP contribution in [0.15, 0.2) is 63.0 Å². The van der Waals surface area contributed by atoms with Gasteiger partial charge in [-0.15, -0.1) is 0 Å². The quantitative estimate of drug-likeness (QED) is 0.491. The number of sulfonamides is 1. The molecular weight excluding hydrogens is 426 g/mol. The lowest BCUT2D eigenvalue weighted by Gasteiger charge is -2.18. The van der Waals surface area contributed by atoms with Crippen LogP contribution in [-0.4, -0.2) is 18.0 Å². The highest BCUT2D eigenvalue weighted by atomic mass is 32.2. The number of nitrogens with one attached hydrogen (secondary N) is 1. The number of benzene rings is 1. The predicted molar refractivity (Wildman–Crippen MR) is 117 cm³/mol. The zero-order chi connectivity index (χ0) is 20.6. The number of aryl methyl sites for hydroxylation is 2. The first-order valence-corrected chi connectivity index (χ1v) is 12.1. The van der Waals surface area contributed by atoms with Gasteiger partial charge in [0.15, 0.2) is 0 Å². The standard InChI is InChI=1S/C20H19N3O3S3/c1-13-3-5-16(21-11-13)17(9-14-7-8-27-12-14)22-29(25,26)15-4-6-18-19(10-15)28-20(24)23(18)2/h3-8,10-12,17,22H,9H2,1-2H3/t17-/m1/s1. The number of hydrogen-bond acceptors (Lipinski definition) is 6. The maximum absolute atomic E-state index is 13.1. The molecule has 150 valence electrons. The average Bonchev–Trinajstić information content (AvgIpc) is 3.29. The number of pyridine rings is 1. The van der Waals surface area contributed by atoms with E-state index in [2.05, 4.69) is 9.71 Å². The summed E-state index contributed by atoms with van der Waals surface area (Å²) in [5.41, 5.74) is 3.43. The van der Waals surface area contributed by atoms with Gasteiger partial charge >= 0.3 is 4.87 Å². The summed E-state index contributed by atoms with van der Waals surface area (Å²) < 4.78 is 31.2. The molecule has 3 heterocycles. The molecule has 1 atom stereocenters. The molecule has 0 unspecified atom stereocenters. The van der Waals surface area contributed by atoms with Crippen LogP contribution in [-0.2, 0) is 23.5 Å². The van der Waals surface area contributed by atoms with Gasteiger partial charge in [-0.3, -0.25) is 9.78 Å². The van der Waals surface area contributed by atoms with Crippen LogP contribution in [0.1, 0.15) is 22.9 Å². The molecule has 0 bridgehead atoms. The summed E-state index contributed by atoms with van der Waals surface area (Å²) in [6, 6.07) is 9.99. The minimum Gasteiger partial charge on any atom is -0.302 e. The number of thiophene rings is 1. The second kappa shape index (κ2) is 7.83. The van der Waals surface area contributed by atoms with Gasteiger partial charge in [-0.05, 0) is 65.6 Å². The van der Waals surface area contributed by atoms with Crippen molar-refractivity contribution in [1.29, 1.82) is 0 Å². The molecule has 4 aromatic rings. The van der Waals surface area contributed by atoms with Gasteiger partial charge in [0.1, 0.15) is 0 Å². The fraction of sp³-hybridized carbons (Fsp3) is 0.200. The van der Waals surface area contributed by atoms with Crippen LogP contribution in [0.3, 0.4) is 0 Å². The Kier molecular flexibility index (Phi) is 5.39. The van der Waals surface area contributed by atoms with Crippen LogP contribution in [0, 0.1) is 6.92 Å². The summed E-state index contributed by atoms with van der Waals surface area (Å²) in [5.74, 6) is 0. The number of aromatic nitrogens is 2. The summed E-state index contributed by atoms with van der Waals surface area (Å²) in [6.45, 7) is 1.94. The molecule has 0 radical (unpaired) electrons. The minimum atomic E-state index is -3.81. The Labute approximate surface area is 176 Å². The van der Waals surface area contributed by atoms with Crippen LogP contribution < -0.4 is 9.60 Å². The molecule has 0 aliphatic heterocycles. The molecule has 0 saturated heterocycles. The third kappa shape index (κ3) is 4.18. The van der Waals surface area contributed by atoms with E-state index in [1.165, 1.54) is 10.6 Å². The zero-order valence-electron chi connectivity index (χ0n) is 15.8. The molecular formula is C20H19N3O3S3. The molecule has 9 heteroatoms. The maximum atomic E-state index is 13.1. The van der Waals surface area contributed by atoms with Gasteiger partial charge in [0.2, 0.25) is 10.0 Å². The highest BCUT2D eigenvalue weighted by Gasteiger charge is 2.24. The Morgan fingerprint density at radius 3 is 2.72 bits per heavy atom. The van der Waals surface area contributed by atoms with Crippen molar-refractivity contribution < 1.29 is 8.42 Å². The largest absolute Gasteiger partial charge is 0.307 e. The number of fused-ring (bicyclic) bond motifs is 1. The van der Waals surface area contributed by atoms with E-state index in [1.54, 1.807) is 36.7 Å². The van der Waals surface area contributed by atoms with E-state index in [0.717, 1.165) is 22.5 Å². The summed E-state index contributed by atoms with van der Waals surface area (Å²) in [6.07, 6.45) is 2.23. The highest BCUT2D eigenvalue weighted by Crippen LogP contribution is 2.25. The SMILES string of the molecule is Cc1ccc([C@@H](Cc2ccsc2)NS(=O)(=O)c2ccc3c(c2)sc(=O)n3C)nc1. The van der Waals surface area contributed by atoms with Crippen molar-refractivity contribution in [2.24, 2.45) is 7.05 Å². The van der Waals surface area contributed by atoms with Gasteiger partial charge in [-0.25, -0.2) is 13.1 Å². The molecule has 0 saturated carbocycles. The first-order valence-electron chi connectivity index (χ1n) is 8.89. The van der Waals surface area contributed by atoms with Crippen LogP contribution in [0.25, 0.3) is 10.2 Å². The molecule has 1 aromatic carbocycles. The average molecular weight is 446 g/mol. The van der Waals surface area contributed by atoms with Crippen LogP contribution in [0.5, 0.6) is 0 Å². The Hall–Kier alpha value is -2.33. The van der Waals surface area contributed by atoms with Crippen LogP contribution in [0.4, 0.5) is 0 Å². The molecule has 0 fully saturated rings. The zero-order valence-corrected chi connectivity index (χ0v) is 18.3. The van der Waals surface area contributed by atoms with E-state index in [4.69, 9.17) is 0 Å². The van der Waals surface area contributed by atoms with Gasteiger partial charge < -0.3 is 4.57 Å². The molecule has 6 nitrogen and oxygen atoms in total. The van der Waals surface area contributed by atoms with Crippen LogP contribution >= 0.6 is 22.7 Å². The Morgan fingerprint density at radius 2 is 2.03 bits per heavy atom. The van der Waals surface area contributed by atoms with E-state index >= 15 is 0 Å². The van der Waals surface area contributed by atoms with Crippen molar-refractivity contribution in [3.8, 4) is 0 Å². The monoisotopic (exact) mass is 445 g/mol. The van der Waals surface area contributed by atoms with Crippen molar-refractivity contribution in [3.05, 3.63) is 79.8 Å². The van der Waals surface area contributed by atoms with E-state index < -0.39 is 16.1 Å². The third-order valence-electron chi connectivity index (χ3n) is 4.68. The molecule has 0 spiro atoms. The van der Waals surface area contributed by atoms with Gasteiger partial charge in [0.05, 0.1) is 26.8 Å². The third-order valence-corrected chi connectivity index (χ3v) is 7.88.